The van der Waals surface area contributed by atoms with E-state index in [4.69, 9.17) is 5.26 Å². The van der Waals surface area contributed by atoms with Crippen LogP contribution < -0.4 is 0 Å². The zero-order valence-corrected chi connectivity index (χ0v) is 12.1. The highest BCUT2D eigenvalue weighted by molar-refractivity contribution is 5.38. The van der Waals surface area contributed by atoms with Crippen LogP contribution in [0.3, 0.4) is 0 Å². The van der Waals surface area contributed by atoms with Gasteiger partial charge in [0, 0.05) is 0 Å². The smallest absolute Gasteiger partial charge is 0.121 e. The van der Waals surface area contributed by atoms with E-state index < -0.39 is 6.10 Å². The summed E-state index contributed by atoms with van der Waals surface area (Å²) < 4.78 is 1.75. The molecule has 0 aliphatic heterocycles. The number of rotatable bonds is 3. The van der Waals surface area contributed by atoms with Crippen molar-refractivity contribution in [1.29, 1.82) is 5.26 Å². The molecule has 108 valence electrons. The molecule has 0 saturated heterocycles. The lowest BCUT2D eigenvalue weighted by atomic mass is 10.0. The summed E-state index contributed by atoms with van der Waals surface area (Å²) in [5, 5.41) is 24.0. The lowest BCUT2D eigenvalue weighted by Gasteiger charge is -2.14. The van der Waals surface area contributed by atoms with Crippen molar-refractivity contribution in [3.63, 3.8) is 0 Å². The van der Waals surface area contributed by atoms with Crippen LogP contribution in [-0.4, -0.2) is 14.9 Å². The number of para-hydroxylation sites is 1. The van der Waals surface area contributed by atoms with E-state index in [-0.39, 0.29) is 0 Å². The summed E-state index contributed by atoms with van der Waals surface area (Å²) in [7, 11) is 0. The molecule has 0 aliphatic rings. The number of benzene rings is 2. The van der Waals surface area contributed by atoms with Crippen LogP contribution in [0.25, 0.3) is 5.69 Å². The summed E-state index contributed by atoms with van der Waals surface area (Å²) in [4.78, 5) is 0. The Morgan fingerprint density at radius 3 is 2.41 bits per heavy atom. The van der Waals surface area contributed by atoms with Gasteiger partial charge in [-0.2, -0.15) is 10.4 Å². The van der Waals surface area contributed by atoms with Crippen LogP contribution in [0.4, 0.5) is 0 Å². The Hall–Kier alpha value is -2.90. The number of aliphatic hydroxyl groups is 1. The predicted octanol–water partition coefficient (Wildman–Crippen LogP) is 3.13. The number of hydrogen-bond donors (Lipinski definition) is 1. The second-order valence-corrected chi connectivity index (χ2v) is 5.09. The van der Waals surface area contributed by atoms with Crippen LogP contribution in [0.5, 0.6) is 0 Å². The first-order valence-electron chi connectivity index (χ1n) is 6.99. The fourth-order valence-corrected chi connectivity index (χ4v) is 2.40. The molecule has 0 bridgehead atoms. The molecule has 0 spiro atoms. The molecule has 1 N–H and O–H groups in total. The second-order valence-electron chi connectivity index (χ2n) is 5.09. The van der Waals surface area contributed by atoms with Gasteiger partial charge in [0.05, 0.1) is 28.7 Å². The maximum Gasteiger partial charge on any atom is 0.121 e. The SMILES string of the molecule is Cc1cc([C@@H](O)c2ccc(C#N)cc2)n(-c2ccccc2)n1. The van der Waals surface area contributed by atoms with Crippen molar-refractivity contribution in [2.45, 2.75) is 13.0 Å². The summed E-state index contributed by atoms with van der Waals surface area (Å²) in [5.41, 5.74) is 3.75. The van der Waals surface area contributed by atoms with Gasteiger partial charge in [0.1, 0.15) is 6.10 Å². The Morgan fingerprint density at radius 1 is 1.09 bits per heavy atom. The molecule has 22 heavy (non-hydrogen) atoms. The van der Waals surface area contributed by atoms with E-state index >= 15 is 0 Å². The zero-order valence-electron chi connectivity index (χ0n) is 12.1. The van der Waals surface area contributed by atoms with Gasteiger partial charge in [0.25, 0.3) is 0 Å². The van der Waals surface area contributed by atoms with E-state index in [9.17, 15) is 5.11 Å². The quantitative estimate of drug-likeness (QED) is 0.805. The van der Waals surface area contributed by atoms with Crippen LogP contribution in [0, 0.1) is 18.3 Å². The summed E-state index contributed by atoms with van der Waals surface area (Å²) in [6.07, 6.45) is -0.797. The van der Waals surface area contributed by atoms with E-state index in [0.717, 1.165) is 16.9 Å². The fraction of sp³-hybridized carbons (Fsp3) is 0.111. The largest absolute Gasteiger partial charge is 0.382 e. The predicted molar refractivity (Wildman–Crippen MR) is 83.5 cm³/mol. The normalized spacial score (nSPS) is 11.9. The molecule has 3 aromatic rings. The molecule has 0 fully saturated rings. The number of aliphatic hydroxyl groups excluding tert-OH is 1. The molecule has 0 saturated carbocycles. The molecular formula is C18H15N3O. The summed E-state index contributed by atoms with van der Waals surface area (Å²) in [6, 6.07) is 20.6. The molecule has 1 aromatic heterocycles. The van der Waals surface area contributed by atoms with Crippen molar-refractivity contribution in [3.05, 3.63) is 83.2 Å². The van der Waals surface area contributed by atoms with Gasteiger partial charge in [0.15, 0.2) is 0 Å². The van der Waals surface area contributed by atoms with Gasteiger partial charge < -0.3 is 5.11 Å². The third-order valence-corrected chi connectivity index (χ3v) is 3.50. The molecule has 3 rings (SSSR count). The average Bonchev–Trinajstić information content (AvgIpc) is 2.97. The van der Waals surface area contributed by atoms with E-state index in [0.29, 0.717) is 11.3 Å². The van der Waals surface area contributed by atoms with Gasteiger partial charge in [-0.3, -0.25) is 0 Å². The summed E-state index contributed by atoms with van der Waals surface area (Å²) in [5.74, 6) is 0. The second kappa shape index (κ2) is 5.84. The Morgan fingerprint density at radius 2 is 1.77 bits per heavy atom. The van der Waals surface area contributed by atoms with E-state index in [1.165, 1.54) is 0 Å². The van der Waals surface area contributed by atoms with Gasteiger partial charge in [-0.05, 0) is 42.8 Å². The van der Waals surface area contributed by atoms with Gasteiger partial charge in [-0.1, -0.05) is 30.3 Å². The minimum Gasteiger partial charge on any atom is -0.382 e. The maximum atomic E-state index is 10.7. The topological polar surface area (TPSA) is 61.8 Å². The molecule has 4 heteroatoms. The number of aryl methyl sites for hydroxylation is 1. The van der Waals surface area contributed by atoms with Gasteiger partial charge in [0.2, 0.25) is 0 Å². The average molecular weight is 289 g/mol. The van der Waals surface area contributed by atoms with Gasteiger partial charge in [-0.15, -0.1) is 0 Å². The lowest BCUT2D eigenvalue weighted by Crippen LogP contribution is -2.08. The van der Waals surface area contributed by atoms with Crippen LogP contribution in [-0.2, 0) is 0 Å². The molecule has 0 radical (unpaired) electrons. The Kier molecular flexibility index (Phi) is 3.73. The third-order valence-electron chi connectivity index (χ3n) is 3.50. The van der Waals surface area contributed by atoms with Crippen LogP contribution in [0.15, 0.2) is 60.7 Å². The highest BCUT2D eigenvalue weighted by Gasteiger charge is 2.17. The number of aromatic nitrogens is 2. The summed E-state index contributed by atoms with van der Waals surface area (Å²) in [6.45, 7) is 1.90. The molecular weight excluding hydrogens is 274 g/mol. The summed E-state index contributed by atoms with van der Waals surface area (Å²) >= 11 is 0. The zero-order chi connectivity index (χ0) is 15.5. The van der Waals surface area contributed by atoms with Crippen molar-refractivity contribution < 1.29 is 5.11 Å². The molecule has 1 atom stereocenters. The number of nitriles is 1. The highest BCUT2D eigenvalue weighted by atomic mass is 16.3. The van der Waals surface area contributed by atoms with Crippen molar-refractivity contribution in [1.82, 2.24) is 9.78 Å². The minimum atomic E-state index is -0.797. The highest BCUT2D eigenvalue weighted by Crippen LogP contribution is 2.25. The molecule has 4 nitrogen and oxygen atoms in total. The van der Waals surface area contributed by atoms with Crippen molar-refractivity contribution in [2.75, 3.05) is 0 Å². The standard InChI is InChI=1S/C18H15N3O/c1-13-11-17(21(20-13)16-5-3-2-4-6-16)18(22)15-9-7-14(12-19)8-10-15/h2-11,18,22H,1H3/t18-/m0/s1. The molecule has 0 amide bonds. The van der Waals surface area contributed by atoms with E-state index in [1.807, 2.05) is 43.3 Å². The number of hydrogen-bond acceptors (Lipinski definition) is 3. The van der Waals surface area contributed by atoms with E-state index in [1.54, 1.807) is 28.9 Å². The maximum absolute atomic E-state index is 10.7. The Balaban J connectivity index is 2.02. The van der Waals surface area contributed by atoms with Crippen LogP contribution >= 0.6 is 0 Å². The molecule has 2 aromatic carbocycles. The first-order valence-corrected chi connectivity index (χ1v) is 6.99. The van der Waals surface area contributed by atoms with Gasteiger partial charge >= 0.3 is 0 Å². The molecule has 0 aliphatic carbocycles. The third kappa shape index (κ3) is 2.62. The first-order chi connectivity index (χ1) is 10.7. The fourth-order valence-electron chi connectivity index (χ4n) is 2.40. The lowest BCUT2D eigenvalue weighted by molar-refractivity contribution is 0.212. The van der Waals surface area contributed by atoms with Crippen LogP contribution in [0.2, 0.25) is 0 Å². The number of nitrogens with zero attached hydrogens (tertiary/aromatic N) is 3. The molecule has 0 unspecified atom stereocenters. The molecule has 1 heterocycles. The monoisotopic (exact) mass is 289 g/mol. The van der Waals surface area contributed by atoms with Crippen molar-refractivity contribution in [2.24, 2.45) is 0 Å². The van der Waals surface area contributed by atoms with Crippen molar-refractivity contribution >= 4 is 0 Å². The Labute approximate surface area is 128 Å². The Bertz CT molecular complexity index is 814. The van der Waals surface area contributed by atoms with E-state index in [2.05, 4.69) is 11.2 Å². The van der Waals surface area contributed by atoms with Crippen molar-refractivity contribution in [3.8, 4) is 11.8 Å². The first kappa shape index (κ1) is 14.1. The van der Waals surface area contributed by atoms with Gasteiger partial charge in [-0.25, -0.2) is 4.68 Å². The minimum absolute atomic E-state index is 0.573. The van der Waals surface area contributed by atoms with Crippen LogP contribution in [0.1, 0.15) is 28.6 Å².